The number of nitrogens with zero attached hydrogens (tertiary/aromatic N) is 9. The van der Waals surface area contributed by atoms with Crippen LogP contribution in [-0.4, -0.2) is 65.6 Å². The van der Waals surface area contributed by atoms with E-state index in [0.29, 0.717) is 48.3 Å². The van der Waals surface area contributed by atoms with Crippen molar-refractivity contribution in [2.24, 2.45) is 7.05 Å². The highest BCUT2D eigenvalue weighted by Gasteiger charge is 2.28. The summed E-state index contributed by atoms with van der Waals surface area (Å²) in [6.45, 7) is 4.38. The summed E-state index contributed by atoms with van der Waals surface area (Å²) in [5, 5.41) is 20.2. The number of aryl methyl sites for hydroxylation is 1. The third-order valence-corrected chi connectivity index (χ3v) is 7.36. The highest BCUT2D eigenvalue weighted by Crippen LogP contribution is 2.36. The Morgan fingerprint density at radius 2 is 1.58 bits per heavy atom. The maximum Gasteiger partial charge on any atom is 0.225 e. The van der Waals surface area contributed by atoms with E-state index >= 15 is 0 Å². The third-order valence-electron chi connectivity index (χ3n) is 6.98. The molecule has 0 spiro atoms. The predicted octanol–water partition coefficient (Wildman–Crippen LogP) is 3.29. The molecule has 1 saturated heterocycles. The minimum absolute atomic E-state index is 0.355. The summed E-state index contributed by atoms with van der Waals surface area (Å²) >= 11 is 6.82. The van der Waals surface area contributed by atoms with Crippen LogP contribution in [0.3, 0.4) is 0 Å². The molecule has 1 fully saturated rings. The Morgan fingerprint density at radius 3 is 2.24 bits per heavy atom. The van der Waals surface area contributed by atoms with Crippen LogP contribution in [0.15, 0.2) is 61.6 Å². The second-order valence-corrected chi connectivity index (χ2v) is 9.84. The first-order chi connectivity index (χ1) is 18.3. The van der Waals surface area contributed by atoms with Gasteiger partial charge in [-0.25, -0.2) is 23.9 Å². The number of fused-ring (bicyclic) bond motifs is 1. The van der Waals surface area contributed by atoms with E-state index in [1.807, 2.05) is 19.4 Å². The molecule has 194 valence electrons. The molecule has 1 aliphatic rings. The molecule has 6 rings (SSSR count). The average molecular weight is 534 g/mol. The summed E-state index contributed by atoms with van der Waals surface area (Å²) in [7, 11) is 1.86. The van der Waals surface area contributed by atoms with Crippen LogP contribution in [0.1, 0.15) is 18.1 Å². The van der Waals surface area contributed by atoms with Gasteiger partial charge in [0.2, 0.25) is 5.95 Å². The Balaban J connectivity index is 1.19. The van der Waals surface area contributed by atoms with Crippen LogP contribution in [0, 0.1) is 5.82 Å². The van der Waals surface area contributed by atoms with Crippen molar-refractivity contribution in [3.05, 3.63) is 83.5 Å². The Labute approximate surface area is 223 Å². The van der Waals surface area contributed by atoms with Gasteiger partial charge in [0.15, 0.2) is 5.82 Å². The molecule has 10 nitrogen and oxygen atoms in total. The van der Waals surface area contributed by atoms with E-state index in [1.54, 1.807) is 46.8 Å². The molecule has 0 bridgehead atoms. The molecule has 5 aromatic rings. The summed E-state index contributed by atoms with van der Waals surface area (Å²) < 4.78 is 16.8. The molecule has 12 heteroatoms. The van der Waals surface area contributed by atoms with Gasteiger partial charge in [-0.3, -0.25) is 4.68 Å². The molecule has 0 amide bonds. The summed E-state index contributed by atoms with van der Waals surface area (Å²) in [5.41, 5.74) is 2.28. The number of benzene rings is 1. The molecular weight excluding hydrogens is 509 g/mol. The summed E-state index contributed by atoms with van der Waals surface area (Å²) in [4.78, 5) is 17.9. The van der Waals surface area contributed by atoms with Gasteiger partial charge in [0, 0.05) is 74.7 Å². The van der Waals surface area contributed by atoms with Crippen LogP contribution in [0.25, 0.3) is 16.6 Å². The zero-order valence-electron chi connectivity index (χ0n) is 20.8. The van der Waals surface area contributed by atoms with Gasteiger partial charge in [0.1, 0.15) is 23.3 Å². The fraction of sp³-hybridized carbons (Fsp3) is 0.269. The lowest BCUT2D eigenvalue weighted by Gasteiger charge is -2.35. The minimum atomic E-state index is -1.34. The lowest BCUT2D eigenvalue weighted by molar-refractivity contribution is 0.101. The lowest BCUT2D eigenvalue weighted by Crippen LogP contribution is -2.47. The second kappa shape index (κ2) is 9.34. The molecule has 0 saturated carbocycles. The first-order valence-electron chi connectivity index (χ1n) is 12.1. The fourth-order valence-corrected chi connectivity index (χ4v) is 5.08. The van der Waals surface area contributed by atoms with Crippen molar-refractivity contribution in [3.8, 4) is 11.1 Å². The molecule has 38 heavy (non-hydrogen) atoms. The molecule has 1 unspecified atom stereocenters. The number of hydrogen-bond donors (Lipinski definition) is 1. The van der Waals surface area contributed by atoms with Crippen LogP contribution in [0.5, 0.6) is 0 Å². The first-order valence-corrected chi connectivity index (χ1v) is 12.5. The summed E-state index contributed by atoms with van der Waals surface area (Å²) in [5.74, 6) is 0.994. The van der Waals surface area contributed by atoms with Crippen molar-refractivity contribution in [1.82, 2.24) is 34.3 Å². The Bertz CT molecular complexity index is 1590. The van der Waals surface area contributed by atoms with Gasteiger partial charge in [-0.1, -0.05) is 23.7 Å². The number of piperazine rings is 1. The van der Waals surface area contributed by atoms with Gasteiger partial charge in [-0.05, 0) is 24.6 Å². The highest BCUT2D eigenvalue weighted by molar-refractivity contribution is 6.37. The third kappa shape index (κ3) is 4.23. The van der Waals surface area contributed by atoms with Crippen LogP contribution >= 0.6 is 11.6 Å². The van der Waals surface area contributed by atoms with Crippen molar-refractivity contribution in [2.45, 2.75) is 12.5 Å². The summed E-state index contributed by atoms with van der Waals surface area (Å²) in [6, 6.07) is 5.77. The molecule has 4 aromatic heterocycles. The maximum atomic E-state index is 13.3. The number of halogens is 2. The molecule has 1 atom stereocenters. The monoisotopic (exact) mass is 533 g/mol. The quantitative estimate of drug-likeness (QED) is 0.367. The van der Waals surface area contributed by atoms with Crippen molar-refractivity contribution in [2.75, 3.05) is 36.0 Å². The predicted molar refractivity (Wildman–Crippen MR) is 142 cm³/mol. The molecule has 1 N–H and O–H groups in total. The lowest BCUT2D eigenvalue weighted by atomic mass is 9.90. The van der Waals surface area contributed by atoms with Gasteiger partial charge in [0.05, 0.1) is 11.2 Å². The number of aromatic nitrogens is 7. The Hall–Kier alpha value is -4.09. The van der Waals surface area contributed by atoms with Crippen molar-refractivity contribution >= 4 is 28.9 Å². The van der Waals surface area contributed by atoms with Crippen molar-refractivity contribution in [1.29, 1.82) is 0 Å². The topological polar surface area (TPSA) is 101 Å². The van der Waals surface area contributed by atoms with Crippen LogP contribution in [-0.2, 0) is 12.6 Å². The van der Waals surface area contributed by atoms with Crippen molar-refractivity contribution < 1.29 is 9.50 Å². The van der Waals surface area contributed by atoms with Crippen molar-refractivity contribution in [3.63, 3.8) is 0 Å². The smallest absolute Gasteiger partial charge is 0.225 e. The Kier molecular flexibility index (Phi) is 5.96. The molecule has 0 aliphatic carbocycles. The van der Waals surface area contributed by atoms with Gasteiger partial charge in [-0.2, -0.15) is 10.2 Å². The van der Waals surface area contributed by atoms with E-state index in [2.05, 4.69) is 34.9 Å². The highest BCUT2D eigenvalue weighted by atomic mass is 35.5. The first kappa shape index (κ1) is 24.3. The van der Waals surface area contributed by atoms with E-state index in [9.17, 15) is 9.50 Å². The van der Waals surface area contributed by atoms with Crippen LogP contribution < -0.4 is 9.80 Å². The second-order valence-electron chi connectivity index (χ2n) is 9.46. The number of aliphatic hydroxyl groups is 1. The largest absolute Gasteiger partial charge is 0.381 e. The molecule has 1 aliphatic heterocycles. The SMILES string of the molecule is Cn1cc(-c2cn3ncnc(N4CCN(c5ncc(C(C)(O)c6ccc(F)cc6)cn5)CC4)c3c2Cl)cn1. The van der Waals surface area contributed by atoms with Gasteiger partial charge in [-0.15, -0.1) is 0 Å². The van der Waals surface area contributed by atoms with Crippen LogP contribution in [0.2, 0.25) is 5.02 Å². The maximum absolute atomic E-state index is 13.3. The normalized spacial score (nSPS) is 15.7. The molecule has 0 radical (unpaired) electrons. The van der Waals surface area contributed by atoms with Gasteiger partial charge < -0.3 is 14.9 Å². The Morgan fingerprint density at radius 1 is 0.895 bits per heavy atom. The standard InChI is InChI=1S/C26H25ClFN9O/c1-26(38,18-3-5-20(28)6-4-18)19-12-29-25(30-13-19)36-9-7-35(8-10-36)24-23-22(27)21(15-37(23)33-16-31-24)17-11-32-34(2)14-17/h3-6,11-16,38H,7-10H2,1-2H3. The number of anilines is 2. The summed E-state index contributed by atoms with van der Waals surface area (Å²) in [6.07, 6.45) is 10.4. The van der Waals surface area contributed by atoms with Gasteiger partial charge in [0.25, 0.3) is 0 Å². The number of rotatable bonds is 5. The number of hydrogen-bond acceptors (Lipinski definition) is 8. The molecule has 5 heterocycles. The van der Waals surface area contributed by atoms with Gasteiger partial charge >= 0.3 is 0 Å². The fourth-order valence-electron chi connectivity index (χ4n) is 4.75. The molecular formula is C26H25ClFN9O. The average Bonchev–Trinajstić information content (AvgIpc) is 3.52. The van der Waals surface area contributed by atoms with E-state index < -0.39 is 5.60 Å². The van der Waals surface area contributed by atoms with E-state index in [4.69, 9.17) is 11.6 Å². The van der Waals surface area contributed by atoms with E-state index in [-0.39, 0.29) is 5.82 Å². The molecule has 1 aromatic carbocycles. The zero-order chi connectivity index (χ0) is 26.4. The zero-order valence-corrected chi connectivity index (χ0v) is 21.6. The van der Waals surface area contributed by atoms with E-state index in [0.717, 1.165) is 22.5 Å². The minimum Gasteiger partial charge on any atom is -0.381 e. The van der Waals surface area contributed by atoms with Crippen LogP contribution in [0.4, 0.5) is 16.2 Å². The van der Waals surface area contributed by atoms with E-state index in [1.165, 1.54) is 18.5 Å².